The predicted molar refractivity (Wildman–Crippen MR) is 65.9 cm³/mol. The highest BCUT2D eigenvalue weighted by molar-refractivity contribution is 5.96. The van der Waals surface area contributed by atoms with E-state index in [0.717, 1.165) is 11.3 Å². The standard InChI is InChI=1S/C13H15F3N2O/c1-18-11-5-3-2-4-9(11)10(8-12(18)19)17-7-6-13(14,15)16/h2-5,10,17H,6-8H2,1H3. The lowest BCUT2D eigenvalue weighted by atomic mass is 9.96. The molecule has 0 saturated heterocycles. The first-order chi connectivity index (χ1) is 8.88. The number of hydrogen-bond donors (Lipinski definition) is 1. The summed E-state index contributed by atoms with van der Waals surface area (Å²) in [7, 11) is 1.67. The minimum absolute atomic E-state index is 0.0943. The summed E-state index contributed by atoms with van der Waals surface area (Å²) < 4.78 is 36.4. The van der Waals surface area contributed by atoms with Gasteiger partial charge in [-0.05, 0) is 11.6 Å². The molecule has 1 aliphatic rings. The van der Waals surface area contributed by atoms with Crippen LogP contribution in [0.15, 0.2) is 24.3 Å². The Morgan fingerprint density at radius 2 is 2.05 bits per heavy atom. The van der Waals surface area contributed by atoms with Crippen LogP contribution in [0, 0.1) is 0 Å². The summed E-state index contributed by atoms with van der Waals surface area (Å²) in [5.41, 5.74) is 1.62. The number of halogens is 3. The SMILES string of the molecule is CN1C(=O)CC(NCCC(F)(F)F)c2ccccc21. The Morgan fingerprint density at radius 1 is 1.37 bits per heavy atom. The lowest BCUT2D eigenvalue weighted by Gasteiger charge is -2.32. The van der Waals surface area contributed by atoms with E-state index in [1.54, 1.807) is 19.2 Å². The number of alkyl halides is 3. The van der Waals surface area contributed by atoms with Gasteiger partial charge in [0.15, 0.2) is 0 Å². The molecule has 0 fully saturated rings. The molecular weight excluding hydrogens is 257 g/mol. The first-order valence-electron chi connectivity index (χ1n) is 6.04. The van der Waals surface area contributed by atoms with Crippen LogP contribution < -0.4 is 10.2 Å². The molecule has 0 aliphatic carbocycles. The molecule has 0 aromatic heterocycles. The van der Waals surface area contributed by atoms with Crippen molar-refractivity contribution in [3.05, 3.63) is 29.8 Å². The zero-order valence-electron chi connectivity index (χ0n) is 10.5. The van der Waals surface area contributed by atoms with Crippen LogP contribution in [0.4, 0.5) is 18.9 Å². The number of hydrogen-bond acceptors (Lipinski definition) is 2. The van der Waals surface area contributed by atoms with Crippen molar-refractivity contribution in [3.63, 3.8) is 0 Å². The number of fused-ring (bicyclic) bond motifs is 1. The number of amides is 1. The van der Waals surface area contributed by atoms with E-state index in [0.29, 0.717) is 0 Å². The van der Waals surface area contributed by atoms with Crippen LogP contribution in [0.3, 0.4) is 0 Å². The Balaban J connectivity index is 2.10. The van der Waals surface area contributed by atoms with Crippen LogP contribution in [0.25, 0.3) is 0 Å². The van der Waals surface area contributed by atoms with E-state index in [1.165, 1.54) is 4.90 Å². The molecule has 0 bridgehead atoms. The fourth-order valence-electron chi connectivity index (χ4n) is 2.21. The molecule has 1 unspecified atom stereocenters. The average molecular weight is 272 g/mol. The highest BCUT2D eigenvalue weighted by Crippen LogP contribution is 2.33. The zero-order valence-corrected chi connectivity index (χ0v) is 10.5. The van der Waals surface area contributed by atoms with Crippen molar-refractivity contribution in [1.82, 2.24) is 5.32 Å². The summed E-state index contributed by atoms with van der Waals surface area (Å²) in [5, 5.41) is 2.82. The predicted octanol–water partition coefficient (Wildman–Crippen LogP) is 2.64. The number of nitrogens with one attached hydrogen (secondary N) is 1. The van der Waals surface area contributed by atoms with Gasteiger partial charge in [-0.2, -0.15) is 13.2 Å². The molecule has 1 atom stereocenters. The van der Waals surface area contributed by atoms with Gasteiger partial charge in [-0.15, -0.1) is 0 Å². The average Bonchev–Trinajstić information content (AvgIpc) is 2.34. The molecule has 0 saturated carbocycles. The number of rotatable bonds is 3. The van der Waals surface area contributed by atoms with Gasteiger partial charge in [0.05, 0.1) is 6.42 Å². The van der Waals surface area contributed by atoms with E-state index >= 15 is 0 Å². The highest BCUT2D eigenvalue weighted by Gasteiger charge is 2.30. The largest absolute Gasteiger partial charge is 0.390 e. The Hall–Kier alpha value is -1.56. The fraction of sp³-hybridized carbons (Fsp3) is 0.462. The van der Waals surface area contributed by atoms with Crippen LogP contribution in [0.5, 0.6) is 0 Å². The van der Waals surface area contributed by atoms with E-state index in [1.807, 2.05) is 12.1 Å². The summed E-state index contributed by atoms with van der Waals surface area (Å²) in [4.78, 5) is 13.3. The summed E-state index contributed by atoms with van der Waals surface area (Å²) in [5.74, 6) is -0.0943. The number of carbonyl (C=O) groups excluding carboxylic acids is 1. The highest BCUT2D eigenvalue weighted by atomic mass is 19.4. The van der Waals surface area contributed by atoms with Gasteiger partial charge in [-0.3, -0.25) is 4.79 Å². The number of anilines is 1. The Kier molecular flexibility index (Phi) is 3.80. The van der Waals surface area contributed by atoms with Gasteiger partial charge in [0, 0.05) is 31.7 Å². The zero-order chi connectivity index (χ0) is 14.0. The molecule has 6 heteroatoms. The molecule has 1 N–H and O–H groups in total. The van der Waals surface area contributed by atoms with Gasteiger partial charge >= 0.3 is 6.18 Å². The molecule has 1 aromatic rings. The third-order valence-electron chi connectivity index (χ3n) is 3.23. The van der Waals surface area contributed by atoms with Gasteiger partial charge in [0.1, 0.15) is 0 Å². The van der Waals surface area contributed by atoms with Crippen molar-refractivity contribution in [2.45, 2.75) is 25.1 Å². The monoisotopic (exact) mass is 272 g/mol. The van der Waals surface area contributed by atoms with Crippen molar-refractivity contribution in [3.8, 4) is 0 Å². The lowest BCUT2D eigenvalue weighted by Crippen LogP contribution is -2.38. The molecular formula is C13H15F3N2O. The van der Waals surface area contributed by atoms with Crippen molar-refractivity contribution in [1.29, 1.82) is 0 Å². The number of carbonyl (C=O) groups is 1. The normalized spacial score (nSPS) is 19.5. The first kappa shape index (κ1) is 13.9. The van der Waals surface area contributed by atoms with Crippen molar-refractivity contribution in [2.75, 3.05) is 18.5 Å². The lowest BCUT2D eigenvalue weighted by molar-refractivity contribution is -0.133. The van der Waals surface area contributed by atoms with E-state index in [9.17, 15) is 18.0 Å². The third-order valence-corrected chi connectivity index (χ3v) is 3.23. The molecule has 0 radical (unpaired) electrons. The fourth-order valence-corrected chi connectivity index (χ4v) is 2.21. The van der Waals surface area contributed by atoms with Crippen molar-refractivity contribution in [2.24, 2.45) is 0 Å². The van der Waals surface area contributed by atoms with Crippen molar-refractivity contribution >= 4 is 11.6 Å². The smallest absolute Gasteiger partial charge is 0.315 e. The summed E-state index contributed by atoms with van der Waals surface area (Å²) in [6.07, 6.45) is -4.89. The molecule has 1 aliphatic heterocycles. The van der Waals surface area contributed by atoms with Crippen LogP contribution in [-0.2, 0) is 4.79 Å². The Bertz CT molecular complexity index is 473. The van der Waals surface area contributed by atoms with E-state index in [-0.39, 0.29) is 24.9 Å². The summed E-state index contributed by atoms with van der Waals surface area (Å²) in [6, 6.07) is 6.91. The maximum Gasteiger partial charge on any atom is 0.390 e. The maximum atomic E-state index is 12.1. The van der Waals surface area contributed by atoms with Crippen LogP contribution >= 0.6 is 0 Å². The van der Waals surface area contributed by atoms with Gasteiger partial charge in [0.25, 0.3) is 0 Å². The molecule has 1 amide bonds. The Labute approximate surface area is 109 Å². The second-order valence-corrected chi connectivity index (χ2v) is 4.59. The first-order valence-corrected chi connectivity index (χ1v) is 6.04. The quantitative estimate of drug-likeness (QED) is 0.917. The van der Waals surface area contributed by atoms with Gasteiger partial charge < -0.3 is 10.2 Å². The Morgan fingerprint density at radius 3 is 2.74 bits per heavy atom. The number of nitrogens with zero attached hydrogens (tertiary/aromatic N) is 1. The number of para-hydroxylation sites is 1. The van der Waals surface area contributed by atoms with Crippen molar-refractivity contribution < 1.29 is 18.0 Å². The van der Waals surface area contributed by atoms with Gasteiger partial charge in [-0.1, -0.05) is 18.2 Å². The van der Waals surface area contributed by atoms with Gasteiger partial charge in [-0.25, -0.2) is 0 Å². The molecule has 1 heterocycles. The summed E-state index contributed by atoms with van der Waals surface area (Å²) in [6.45, 7) is -0.181. The third kappa shape index (κ3) is 3.26. The van der Waals surface area contributed by atoms with E-state index in [2.05, 4.69) is 5.32 Å². The van der Waals surface area contributed by atoms with Crippen LogP contribution in [-0.4, -0.2) is 25.7 Å². The topological polar surface area (TPSA) is 32.3 Å². The van der Waals surface area contributed by atoms with E-state index < -0.39 is 12.6 Å². The molecule has 0 spiro atoms. The second-order valence-electron chi connectivity index (χ2n) is 4.59. The van der Waals surface area contributed by atoms with Crippen LogP contribution in [0.2, 0.25) is 0 Å². The minimum atomic E-state index is -4.18. The summed E-state index contributed by atoms with van der Waals surface area (Å²) >= 11 is 0. The van der Waals surface area contributed by atoms with Crippen LogP contribution in [0.1, 0.15) is 24.4 Å². The molecule has 1 aromatic carbocycles. The molecule has 3 nitrogen and oxygen atoms in total. The van der Waals surface area contributed by atoms with E-state index in [4.69, 9.17) is 0 Å². The molecule has 104 valence electrons. The molecule has 19 heavy (non-hydrogen) atoms. The minimum Gasteiger partial charge on any atom is -0.315 e. The van der Waals surface area contributed by atoms with Gasteiger partial charge in [0.2, 0.25) is 5.91 Å². The maximum absolute atomic E-state index is 12.1. The molecule has 2 rings (SSSR count). The number of benzene rings is 1. The second kappa shape index (κ2) is 5.21.